The maximum atomic E-state index is 11.0. The number of fused-ring (bicyclic) bond motifs is 1. The molecule has 1 aliphatic rings. The Morgan fingerprint density at radius 3 is 3.21 bits per heavy atom. The summed E-state index contributed by atoms with van der Waals surface area (Å²) < 4.78 is 5.24. The van der Waals surface area contributed by atoms with Crippen LogP contribution >= 0.6 is 11.8 Å². The first-order chi connectivity index (χ1) is 6.79. The molecule has 0 saturated heterocycles. The van der Waals surface area contributed by atoms with Crippen LogP contribution in [0.4, 0.5) is 5.69 Å². The maximum Gasteiger partial charge on any atom is 0.262 e. The minimum atomic E-state index is -0.124. The summed E-state index contributed by atoms with van der Waals surface area (Å²) in [6.07, 6.45) is 0. The van der Waals surface area contributed by atoms with Gasteiger partial charge in [-0.15, -0.1) is 0 Å². The summed E-state index contributed by atoms with van der Waals surface area (Å²) >= 11 is 5.38. The second-order valence-corrected chi connectivity index (χ2v) is 3.25. The number of hydrogen-bond acceptors (Lipinski definition) is 3. The largest absolute Gasteiger partial charge is 0.482 e. The van der Waals surface area contributed by atoms with Gasteiger partial charge in [-0.3, -0.25) is 4.79 Å². The molecule has 14 heavy (non-hydrogen) atoms. The lowest BCUT2D eigenvalue weighted by atomic mass is 10.2. The van der Waals surface area contributed by atoms with Crippen molar-refractivity contribution in [3.63, 3.8) is 0 Å². The minimum Gasteiger partial charge on any atom is -0.482 e. The molecule has 74 valence electrons. The third kappa shape index (κ3) is 1.81. The zero-order valence-corrected chi connectivity index (χ0v) is 8.10. The molecule has 0 fully saturated rings. The Morgan fingerprint density at radius 1 is 1.57 bits per heavy atom. The molecule has 0 saturated carbocycles. The van der Waals surface area contributed by atoms with Crippen LogP contribution in [0.1, 0.15) is 5.56 Å². The highest BCUT2D eigenvalue weighted by Crippen LogP contribution is 2.28. The van der Waals surface area contributed by atoms with Crippen molar-refractivity contribution in [2.75, 3.05) is 11.9 Å². The molecule has 0 spiro atoms. The first-order valence-corrected chi connectivity index (χ1v) is 4.56. The second kappa shape index (κ2) is 3.86. The smallest absolute Gasteiger partial charge is 0.262 e. The number of anilines is 1. The lowest BCUT2D eigenvalue weighted by Gasteiger charge is -2.18. The summed E-state index contributed by atoms with van der Waals surface area (Å²) in [4.78, 5) is 13.5. The van der Waals surface area contributed by atoms with Crippen LogP contribution < -0.4 is 14.9 Å². The number of halogens is 1. The molecule has 1 heterocycles. The second-order valence-electron chi connectivity index (χ2n) is 2.98. The van der Waals surface area contributed by atoms with Crippen LogP contribution in [0.3, 0.4) is 0 Å². The van der Waals surface area contributed by atoms with Gasteiger partial charge < -0.3 is 10.1 Å². The quantitative estimate of drug-likeness (QED) is 0.726. The number of benzene rings is 1. The minimum absolute atomic E-state index is 0.0742. The van der Waals surface area contributed by atoms with Gasteiger partial charge in [0.25, 0.3) is 5.91 Å². The van der Waals surface area contributed by atoms with Crippen molar-refractivity contribution >= 4 is 23.4 Å². The van der Waals surface area contributed by atoms with Crippen molar-refractivity contribution in [2.45, 2.75) is 6.54 Å². The number of carbonyl (C=O) groups is 1. The Balaban J connectivity index is 2.26. The maximum absolute atomic E-state index is 11.0. The molecule has 1 aromatic rings. The van der Waals surface area contributed by atoms with Crippen molar-refractivity contribution in [3.8, 4) is 5.75 Å². The van der Waals surface area contributed by atoms with Gasteiger partial charge >= 0.3 is 0 Å². The van der Waals surface area contributed by atoms with Crippen LogP contribution in [-0.2, 0) is 11.3 Å². The van der Waals surface area contributed by atoms with E-state index in [1.807, 2.05) is 12.1 Å². The molecule has 1 aliphatic heterocycles. The summed E-state index contributed by atoms with van der Waals surface area (Å²) in [5.74, 6) is 0.565. The lowest BCUT2D eigenvalue weighted by molar-refractivity contribution is -0.118. The molecule has 2 rings (SSSR count). The van der Waals surface area contributed by atoms with Crippen LogP contribution in [0.5, 0.6) is 5.75 Å². The highest BCUT2D eigenvalue weighted by atomic mass is 35.5. The number of hydrogen-bond donors (Lipinski definition) is 2. The fourth-order valence-electron chi connectivity index (χ4n) is 1.31. The molecular weight excluding hydrogens is 204 g/mol. The third-order valence-corrected chi connectivity index (χ3v) is 2.08. The number of carbonyl (C=O) groups excluding carboxylic acids is 1. The lowest BCUT2D eigenvalue weighted by Crippen LogP contribution is -2.25. The van der Waals surface area contributed by atoms with Gasteiger partial charge in [-0.2, -0.15) is 0 Å². The average Bonchev–Trinajstić information content (AvgIpc) is 2.19. The highest BCUT2D eigenvalue weighted by Gasteiger charge is 2.15. The number of amides is 1. The molecule has 5 heteroatoms. The van der Waals surface area contributed by atoms with Gasteiger partial charge in [0.05, 0.1) is 5.69 Å². The fourth-order valence-corrected chi connectivity index (χ4v) is 1.46. The van der Waals surface area contributed by atoms with E-state index >= 15 is 0 Å². The van der Waals surface area contributed by atoms with E-state index in [0.29, 0.717) is 18.0 Å². The normalized spacial score (nSPS) is 14.2. The molecule has 1 aromatic carbocycles. The van der Waals surface area contributed by atoms with E-state index in [9.17, 15) is 4.79 Å². The first kappa shape index (κ1) is 9.30. The standard InChI is InChI=1S/C9H9ClN2O2/c10-11-4-6-1-2-7-8(3-6)14-5-9(13)12-7/h1-3,11H,4-5H2,(H,12,13). The van der Waals surface area contributed by atoms with Crippen molar-refractivity contribution in [1.82, 2.24) is 4.84 Å². The van der Waals surface area contributed by atoms with E-state index in [1.54, 1.807) is 6.07 Å². The van der Waals surface area contributed by atoms with Crippen LogP contribution in [0.2, 0.25) is 0 Å². The van der Waals surface area contributed by atoms with Gasteiger partial charge in [0.15, 0.2) is 6.61 Å². The molecule has 0 unspecified atom stereocenters. The molecule has 0 atom stereocenters. The molecule has 1 amide bonds. The Morgan fingerprint density at radius 2 is 2.43 bits per heavy atom. The molecule has 0 radical (unpaired) electrons. The van der Waals surface area contributed by atoms with Crippen LogP contribution in [0, 0.1) is 0 Å². The van der Waals surface area contributed by atoms with E-state index in [2.05, 4.69) is 10.2 Å². The van der Waals surface area contributed by atoms with E-state index < -0.39 is 0 Å². The van der Waals surface area contributed by atoms with Gasteiger partial charge in [0.1, 0.15) is 5.75 Å². The van der Waals surface area contributed by atoms with E-state index in [0.717, 1.165) is 5.56 Å². The predicted octanol–water partition coefficient (Wildman–Crippen LogP) is 1.26. The van der Waals surface area contributed by atoms with Crippen LogP contribution in [-0.4, -0.2) is 12.5 Å². The monoisotopic (exact) mass is 212 g/mol. The fraction of sp³-hybridized carbons (Fsp3) is 0.222. The summed E-state index contributed by atoms with van der Waals surface area (Å²) in [5.41, 5.74) is 1.72. The Hall–Kier alpha value is -1.26. The summed E-state index contributed by atoms with van der Waals surface area (Å²) in [6, 6.07) is 5.53. The van der Waals surface area contributed by atoms with E-state index in [-0.39, 0.29) is 12.5 Å². The predicted molar refractivity (Wildman–Crippen MR) is 53.3 cm³/mol. The summed E-state index contributed by atoms with van der Waals surface area (Å²) in [5, 5.41) is 2.71. The zero-order valence-electron chi connectivity index (χ0n) is 7.34. The highest BCUT2D eigenvalue weighted by molar-refractivity contribution is 6.13. The van der Waals surface area contributed by atoms with Gasteiger partial charge in [0.2, 0.25) is 0 Å². The van der Waals surface area contributed by atoms with Crippen molar-refractivity contribution in [2.24, 2.45) is 0 Å². The number of ether oxygens (including phenoxy) is 1. The van der Waals surface area contributed by atoms with Gasteiger partial charge in [-0.05, 0) is 29.5 Å². The van der Waals surface area contributed by atoms with Crippen molar-refractivity contribution in [3.05, 3.63) is 23.8 Å². The molecule has 0 aromatic heterocycles. The average molecular weight is 213 g/mol. The molecule has 4 nitrogen and oxygen atoms in total. The summed E-state index contributed by atoms with van der Waals surface area (Å²) in [6.45, 7) is 0.636. The third-order valence-electron chi connectivity index (χ3n) is 1.95. The molecule has 0 aliphatic carbocycles. The van der Waals surface area contributed by atoms with Crippen LogP contribution in [0.15, 0.2) is 18.2 Å². The zero-order chi connectivity index (χ0) is 9.97. The van der Waals surface area contributed by atoms with E-state index in [1.165, 1.54) is 0 Å². The topological polar surface area (TPSA) is 50.4 Å². The number of nitrogens with one attached hydrogen (secondary N) is 2. The van der Waals surface area contributed by atoms with Crippen LogP contribution in [0.25, 0.3) is 0 Å². The molecular formula is C9H9ClN2O2. The molecule has 2 N–H and O–H groups in total. The number of rotatable bonds is 2. The van der Waals surface area contributed by atoms with Gasteiger partial charge in [-0.1, -0.05) is 6.07 Å². The summed E-state index contributed by atoms with van der Waals surface area (Å²) in [7, 11) is 0. The Labute approximate surface area is 86.3 Å². The van der Waals surface area contributed by atoms with Gasteiger partial charge in [-0.25, -0.2) is 4.84 Å². The van der Waals surface area contributed by atoms with Gasteiger partial charge in [0, 0.05) is 6.54 Å². The van der Waals surface area contributed by atoms with E-state index in [4.69, 9.17) is 16.5 Å². The Bertz CT molecular complexity index is 368. The Kier molecular flexibility index (Phi) is 2.56. The van der Waals surface area contributed by atoms with Crippen molar-refractivity contribution in [1.29, 1.82) is 0 Å². The van der Waals surface area contributed by atoms with Crippen molar-refractivity contribution < 1.29 is 9.53 Å². The first-order valence-electron chi connectivity index (χ1n) is 4.18. The SMILES string of the molecule is O=C1COc2cc(CNCl)ccc2N1. The molecule has 0 bridgehead atoms.